The van der Waals surface area contributed by atoms with E-state index < -0.39 is 5.97 Å². The molecule has 0 spiro atoms. The Morgan fingerprint density at radius 1 is 1.82 bits per heavy atom. The van der Waals surface area contributed by atoms with Crippen molar-refractivity contribution in [3.63, 3.8) is 0 Å². The van der Waals surface area contributed by atoms with Crippen molar-refractivity contribution < 1.29 is 14.6 Å². The molecule has 0 amide bonds. The van der Waals surface area contributed by atoms with E-state index in [0.717, 1.165) is 0 Å². The van der Waals surface area contributed by atoms with Gasteiger partial charge in [0.05, 0.1) is 13.5 Å². The van der Waals surface area contributed by atoms with Crippen molar-refractivity contribution in [3.8, 4) is 0 Å². The lowest BCUT2D eigenvalue weighted by Gasteiger charge is -2.13. The summed E-state index contributed by atoms with van der Waals surface area (Å²) in [6.45, 7) is 5.24. The average molecular weight is 159 g/mol. The van der Waals surface area contributed by atoms with Crippen molar-refractivity contribution in [3.05, 3.63) is 12.5 Å². The number of rotatable bonds is 5. The Labute approximate surface area is 65.9 Å². The number of nitrogens with one attached hydrogen (secondary N) is 1. The smallest absolute Gasteiger partial charge is 0.305 e. The molecule has 0 saturated carbocycles. The minimum absolute atomic E-state index is 0.0579. The molecule has 2 N–H and O–H groups in total. The lowest BCUT2D eigenvalue weighted by Crippen LogP contribution is -2.27. The predicted molar refractivity (Wildman–Crippen MR) is 41.0 cm³/mol. The van der Waals surface area contributed by atoms with Crippen LogP contribution in [0.2, 0.25) is 0 Å². The molecular weight excluding hydrogens is 146 g/mol. The van der Waals surface area contributed by atoms with Crippen LogP contribution in [0, 0.1) is 0 Å². The zero-order valence-corrected chi connectivity index (χ0v) is 6.76. The maximum atomic E-state index is 10.2. The number of carboxylic acid groups (broad SMARTS) is 1. The summed E-state index contributed by atoms with van der Waals surface area (Å²) in [5, 5.41) is 11.1. The van der Waals surface area contributed by atoms with E-state index in [1.54, 1.807) is 6.92 Å². The van der Waals surface area contributed by atoms with Crippen LogP contribution in [0.4, 0.5) is 0 Å². The quantitative estimate of drug-likeness (QED) is 0.575. The maximum absolute atomic E-state index is 10.2. The first-order valence-corrected chi connectivity index (χ1v) is 3.27. The molecule has 4 nitrogen and oxygen atoms in total. The Balaban J connectivity index is 3.60. The average Bonchev–Trinajstić information content (AvgIpc) is 1.85. The third-order valence-electron chi connectivity index (χ3n) is 1.13. The van der Waals surface area contributed by atoms with Crippen LogP contribution in [0.5, 0.6) is 0 Å². The van der Waals surface area contributed by atoms with Crippen LogP contribution in [0.3, 0.4) is 0 Å². The molecule has 0 rings (SSSR count). The molecule has 0 aromatic rings. The highest BCUT2D eigenvalue weighted by Crippen LogP contribution is 1.94. The second-order valence-electron chi connectivity index (χ2n) is 2.27. The highest BCUT2D eigenvalue weighted by atomic mass is 16.5. The molecule has 0 aliphatic heterocycles. The third-order valence-corrected chi connectivity index (χ3v) is 1.13. The minimum atomic E-state index is -0.839. The van der Waals surface area contributed by atoms with Gasteiger partial charge in [-0.3, -0.25) is 4.79 Å². The minimum Gasteiger partial charge on any atom is -0.483 e. The molecule has 0 fully saturated rings. The van der Waals surface area contributed by atoms with Gasteiger partial charge in [0.15, 0.2) is 5.88 Å². The van der Waals surface area contributed by atoms with Gasteiger partial charge in [0, 0.05) is 6.04 Å². The van der Waals surface area contributed by atoms with Gasteiger partial charge in [-0.1, -0.05) is 0 Å². The molecule has 4 heteroatoms. The topological polar surface area (TPSA) is 58.6 Å². The normalized spacial score (nSPS) is 11.8. The molecule has 0 aromatic carbocycles. The molecule has 0 bridgehead atoms. The van der Waals surface area contributed by atoms with E-state index in [1.165, 1.54) is 7.11 Å². The summed E-state index contributed by atoms with van der Waals surface area (Å²) >= 11 is 0. The van der Waals surface area contributed by atoms with Gasteiger partial charge in [0.2, 0.25) is 0 Å². The van der Waals surface area contributed by atoms with Crippen molar-refractivity contribution in [1.82, 2.24) is 5.32 Å². The first kappa shape index (κ1) is 9.81. The summed E-state index contributed by atoms with van der Waals surface area (Å²) in [6.07, 6.45) is 0.0579. The van der Waals surface area contributed by atoms with Crippen LogP contribution < -0.4 is 5.32 Å². The molecule has 0 heterocycles. The van der Waals surface area contributed by atoms with Crippen LogP contribution in [0.1, 0.15) is 13.3 Å². The van der Waals surface area contributed by atoms with Crippen LogP contribution in [0.15, 0.2) is 12.5 Å². The van der Waals surface area contributed by atoms with Crippen LogP contribution in [-0.2, 0) is 9.53 Å². The Bertz CT molecular complexity index is 156. The molecule has 0 aromatic heterocycles. The van der Waals surface area contributed by atoms with Crippen molar-refractivity contribution in [2.75, 3.05) is 7.11 Å². The second kappa shape index (κ2) is 4.60. The van der Waals surface area contributed by atoms with E-state index in [4.69, 9.17) is 9.84 Å². The van der Waals surface area contributed by atoms with Gasteiger partial charge in [0.25, 0.3) is 0 Å². The summed E-state index contributed by atoms with van der Waals surface area (Å²) in [7, 11) is 1.48. The highest BCUT2D eigenvalue weighted by Gasteiger charge is 2.06. The number of aliphatic carboxylic acids is 1. The summed E-state index contributed by atoms with van der Waals surface area (Å²) in [5.74, 6) is -0.451. The third kappa shape index (κ3) is 5.26. The van der Waals surface area contributed by atoms with E-state index >= 15 is 0 Å². The zero-order valence-electron chi connectivity index (χ0n) is 6.76. The Kier molecular flexibility index (Phi) is 4.10. The first-order chi connectivity index (χ1) is 5.06. The fourth-order valence-electron chi connectivity index (χ4n) is 0.647. The van der Waals surface area contributed by atoms with Gasteiger partial charge in [-0.2, -0.15) is 0 Å². The second-order valence-corrected chi connectivity index (χ2v) is 2.27. The lowest BCUT2D eigenvalue weighted by molar-refractivity contribution is -0.137. The van der Waals surface area contributed by atoms with Crippen molar-refractivity contribution in [2.45, 2.75) is 19.4 Å². The fraction of sp³-hybridized carbons (Fsp3) is 0.571. The SMILES string of the molecule is C=C(NC(C)CC(=O)O)OC. The largest absolute Gasteiger partial charge is 0.483 e. The monoisotopic (exact) mass is 159 g/mol. The van der Waals surface area contributed by atoms with Crippen LogP contribution in [-0.4, -0.2) is 24.2 Å². The van der Waals surface area contributed by atoms with E-state index in [2.05, 4.69) is 11.9 Å². The summed E-state index contributed by atoms with van der Waals surface area (Å²) < 4.78 is 4.70. The van der Waals surface area contributed by atoms with E-state index in [1.807, 2.05) is 0 Å². The molecule has 64 valence electrons. The molecule has 0 radical (unpaired) electrons. The summed E-state index contributed by atoms with van der Waals surface area (Å²) in [4.78, 5) is 10.2. The van der Waals surface area contributed by atoms with Gasteiger partial charge in [-0.25, -0.2) is 0 Å². The molecule has 1 unspecified atom stereocenters. The molecule has 1 atom stereocenters. The number of carbonyl (C=O) groups is 1. The fourth-order valence-corrected chi connectivity index (χ4v) is 0.647. The van der Waals surface area contributed by atoms with Crippen molar-refractivity contribution in [2.24, 2.45) is 0 Å². The lowest BCUT2D eigenvalue weighted by atomic mass is 10.2. The van der Waals surface area contributed by atoms with E-state index in [9.17, 15) is 4.79 Å². The molecule has 0 aliphatic carbocycles. The van der Waals surface area contributed by atoms with Gasteiger partial charge in [0.1, 0.15) is 0 Å². The zero-order chi connectivity index (χ0) is 8.85. The van der Waals surface area contributed by atoms with Gasteiger partial charge >= 0.3 is 5.97 Å². The van der Waals surface area contributed by atoms with E-state index in [-0.39, 0.29) is 12.5 Å². The molecule has 0 saturated heterocycles. The predicted octanol–water partition coefficient (Wildman–Crippen LogP) is 0.557. The van der Waals surface area contributed by atoms with Crippen LogP contribution in [0.25, 0.3) is 0 Å². The number of hydrogen-bond acceptors (Lipinski definition) is 3. The Hall–Kier alpha value is -1.19. The summed E-state index contributed by atoms with van der Waals surface area (Å²) in [5.41, 5.74) is 0. The first-order valence-electron chi connectivity index (χ1n) is 3.27. The van der Waals surface area contributed by atoms with Gasteiger partial charge in [-0.05, 0) is 13.5 Å². The number of hydrogen-bond donors (Lipinski definition) is 2. The van der Waals surface area contributed by atoms with Crippen LogP contribution >= 0.6 is 0 Å². The molecule has 11 heavy (non-hydrogen) atoms. The maximum Gasteiger partial charge on any atom is 0.305 e. The summed E-state index contributed by atoms with van der Waals surface area (Å²) in [6, 6.07) is -0.153. The van der Waals surface area contributed by atoms with Crippen molar-refractivity contribution in [1.29, 1.82) is 0 Å². The standard InChI is InChI=1S/C7H13NO3/c1-5(4-7(9)10)8-6(2)11-3/h5,8H,2,4H2,1,3H3,(H,9,10). The van der Waals surface area contributed by atoms with Gasteiger partial charge in [-0.15, -0.1) is 0 Å². The number of methoxy groups -OCH3 is 1. The van der Waals surface area contributed by atoms with Gasteiger partial charge < -0.3 is 15.2 Å². The number of carboxylic acids is 1. The highest BCUT2D eigenvalue weighted by molar-refractivity contribution is 5.67. The Morgan fingerprint density at radius 2 is 2.36 bits per heavy atom. The molecule has 0 aliphatic rings. The molecular formula is C7H13NO3. The van der Waals surface area contributed by atoms with Crippen molar-refractivity contribution >= 4 is 5.97 Å². The number of ether oxygens (including phenoxy) is 1. The Morgan fingerprint density at radius 3 is 2.73 bits per heavy atom. The van der Waals surface area contributed by atoms with E-state index in [0.29, 0.717) is 5.88 Å².